The van der Waals surface area contributed by atoms with E-state index in [-0.39, 0.29) is 11.9 Å². The average Bonchev–Trinajstić information content (AvgIpc) is 3.27. The Kier molecular flexibility index (Phi) is 4.68. The summed E-state index contributed by atoms with van der Waals surface area (Å²) in [4.78, 5) is 19.7. The molecule has 0 fully saturated rings. The van der Waals surface area contributed by atoms with Crippen LogP contribution in [0.2, 0.25) is 0 Å². The zero-order valence-corrected chi connectivity index (χ0v) is 13.4. The highest BCUT2D eigenvalue weighted by Gasteiger charge is 2.24. The number of carbonyl (C=O) groups excluding carboxylic acids is 1. The van der Waals surface area contributed by atoms with Crippen molar-refractivity contribution >= 4 is 29.1 Å². The number of furan rings is 1. The van der Waals surface area contributed by atoms with Gasteiger partial charge < -0.3 is 4.42 Å². The molecule has 0 spiro atoms. The molecule has 0 aliphatic heterocycles. The number of carbonyl (C=O) groups is 1. The fourth-order valence-corrected chi connectivity index (χ4v) is 2.89. The van der Waals surface area contributed by atoms with Gasteiger partial charge in [0.05, 0.1) is 12.3 Å². The van der Waals surface area contributed by atoms with Gasteiger partial charge in [-0.05, 0) is 48.7 Å². The van der Waals surface area contributed by atoms with Gasteiger partial charge in [-0.15, -0.1) is 11.3 Å². The summed E-state index contributed by atoms with van der Waals surface area (Å²) in [5.41, 5.74) is 0. The number of amides is 1. The van der Waals surface area contributed by atoms with E-state index in [0.29, 0.717) is 11.6 Å². The van der Waals surface area contributed by atoms with E-state index in [1.165, 1.54) is 0 Å². The van der Waals surface area contributed by atoms with E-state index in [9.17, 15) is 4.79 Å². The quantitative estimate of drug-likeness (QED) is 0.647. The van der Waals surface area contributed by atoms with Crippen LogP contribution >= 0.6 is 11.3 Å². The summed E-state index contributed by atoms with van der Waals surface area (Å²) in [5, 5.41) is 1.98. The predicted octanol–water partition coefficient (Wildman–Crippen LogP) is 4.54. The first-order valence-corrected chi connectivity index (χ1v) is 8.13. The number of anilines is 1. The molecule has 116 valence electrons. The second kappa shape index (κ2) is 7.07. The van der Waals surface area contributed by atoms with E-state index >= 15 is 0 Å². The molecule has 5 heteroatoms. The van der Waals surface area contributed by atoms with Crippen molar-refractivity contribution in [1.82, 2.24) is 4.98 Å². The van der Waals surface area contributed by atoms with Crippen LogP contribution in [0.25, 0.3) is 6.08 Å². The van der Waals surface area contributed by atoms with Crippen molar-refractivity contribution in [3.8, 4) is 0 Å². The zero-order chi connectivity index (χ0) is 16.1. The first-order valence-electron chi connectivity index (χ1n) is 7.25. The standard InChI is InChI=1S/C18H16N2O2S/c1-14(16-7-4-12-22-16)20(17-8-2-3-11-19-17)18(21)10-9-15-6-5-13-23-15/h2-14H,1H3. The fraction of sp³-hybridized carbons (Fsp3) is 0.111. The topological polar surface area (TPSA) is 46.3 Å². The summed E-state index contributed by atoms with van der Waals surface area (Å²) in [6.07, 6.45) is 6.67. The van der Waals surface area contributed by atoms with Gasteiger partial charge in [0.1, 0.15) is 11.6 Å². The third-order valence-electron chi connectivity index (χ3n) is 3.41. The molecule has 0 bridgehead atoms. The van der Waals surface area contributed by atoms with Gasteiger partial charge in [0, 0.05) is 17.2 Å². The Hall–Kier alpha value is -2.66. The molecule has 3 aromatic rings. The summed E-state index contributed by atoms with van der Waals surface area (Å²) < 4.78 is 5.45. The van der Waals surface area contributed by atoms with Gasteiger partial charge in [0.2, 0.25) is 0 Å². The van der Waals surface area contributed by atoms with Gasteiger partial charge in [0.15, 0.2) is 0 Å². The first-order chi connectivity index (χ1) is 11.3. The molecule has 0 saturated carbocycles. The van der Waals surface area contributed by atoms with Crippen LogP contribution in [0.4, 0.5) is 5.82 Å². The van der Waals surface area contributed by atoms with Crippen LogP contribution in [0.1, 0.15) is 23.6 Å². The normalized spacial score (nSPS) is 12.4. The summed E-state index contributed by atoms with van der Waals surface area (Å²) in [6, 6.07) is 12.8. The minimum Gasteiger partial charge on any atom is -0.467 e. The SMILES string of the molecule is CC(c1ccco1)N(C(=O)C=Cc1cccs1)c1ccccn1. The molecule has 3 rings (SSSR count). The number of pyridine rings is 1. The van der Waals surface area contributed by atoms with Crippen molar-refractivity contribution < 1.29 is 9.21 Å². The lowest BCUT2D eigenvalue weighted by Gasteiger charge is -2.25. The molecule has 1 atom stereocenters. The first kappa shape index (κ1) is 15.2. The summed E-state index contributed by atoms with van der Waals surface area (Å²) in [5.74, 6) is 1.17. The number of nitrogens with zero attached hydrogens (tertiary/aromatic N) is 2. The molecule has 0 aliphatic carbocycles. The van der Waals surface area contributed by atoms with Crippen molar-refractivity contribution in [3.63, 3.8) is 0 Å². The second-order valence-corrected chi connectivity index (χ2v) is 5.92. The van der Waals surface area contributed by atoms with Crippen molar-refractivity contribution in [2.45, 2.75) is 13.0 Å². The molecule has 0 aromatic carbocycles. The molecule has 3 aromatic heterocycles. The highest BCUT2D eigenvalue weighted by Crippen LogP contribution is 2.26. The van der Waals surface area contributed by atoms with Gasteiger partial charge in [-0.3, -0.25) is 9.69 Å². The number of hydrogen-bond acceptors (Lipinski definition) is 4. The molecular formula is C18H16N2O2S. The van der Waals surface area contributed by atoms with Crippen LogP contribution in [-0.2, 0) is 4.79 Å². The van der Waals surface area contributed by atoms with Gasteiger partial charge in [0.25, 0.3) is 5.91 Å². The highest BCUT2D eigenvalue weighted by atomic mass is 32.1. The maximum absolute atomic E-state index is 12.7. The number of aromatic nitrogens is 1. The van der Waals surface area contributed by atoms with E-state index in [1.54, 1.807) is 34.8 Å². The van der Waals surface area contributed by atoms with Crippen LogP contribution in [0.3, 0.4) is 0 Å². The van der Waals surface area contributed by atoms with E-state index in [1.807, 2.05) is 60.8 Å². The summed E-state index contributed by atoms with van der Waals surface area (Å²) in [7, 11) is 0. The molecule has 0 radical (unpaired) electrons. The average molecular weight is 324 g/mol. The fourth-order valence-electron chi connectivity index (χ4n) is 2.27. The largest absolute Gasteiger partial charge is 0.467 e. The predicted molar refractivity (Wildman–Crippen MR) is 92.2 cm³/mol. The maximum atomic E-state index is 12.7. The lowest BCUT2D eigenvalue weighted by molar-refractivity contribution is -0.114. The maximum Gasteiger partial charge on any atom is 0.252 e. The third kappa shape index (κ3) is 3.57. The van der Waals surface area contributed by atoms with Crippen LogP contribution in [0, 0.1) is 0 Å². The van der Waals surface area contributed by atoms with Gasteiger partial charge in [-0.25, -0.2) is 4.98 Å². The molecular weight excluding hydrogens is 308 g/mol. The monoisotopic (exact) mass is 324 g/mol. The minimum absolute atomic E-state index is 0.138. The molecule has 1 unspecified atom stereocenters. The Labute approximate surface area is 138 Å². The number of rotatable bonds is 5. The number of thiophene rings is 1. The molecule has 0 saturated heterocycles. The van der Waals surface area contributed by atoms with Gasteiger partial charge >= 0.3 is 0 Å². The lowest BCUT2D eigenvalue weighted by Crippen LogP contribution is -2.32. The molecule has 4 nitrogen and oxygen atoms in total. The highest BCUT2D eigenvalue weighted by molar-refractivity contribution is 7.10. The molecule has 1 amide bonds. The van der Waals surface area contributed by atoms with Crippen molar-refractivity contribution in [1.29, 1.82) is 0 Å². The minimum atomic E-state index is -0.250. The van der Waals surface area contributed by atoms with Crippen LogP contribution in [0.5, 0.6) is 0 Å². The molecule has 0 aliphatic rings. The van der Waals surface area contributed by atoms with Crippen molar-refractivity contribution in [2.24, 2.45) is 0 Å². The van der Waals surface area contributed by atoms with Crippen LogP contribution in [-0.4, -0.2) is 10.9 Å². The number of hydrogen-bond donors (Lipinski definition) is 0. The van der Waals surface area contributed by atoms with E-state index in [4.69, 9.17) is 4.42 Å². The van der Waals surface area contributed by atoms with E-state index < -0.39 is 0 Å². The van der Waals surface area contributed by atoms with Crippen LogP contribution < -0.4 is 4.90 Å². The van der Waals surface area contributed by atoms with Gasteiger partial charge in [-0.1, -0.05) is 12.1 Å². The van der Waals surface area contributed by atoms with E-state index in [2.05, 4.69) is 4.98 Å². The molecule has 0 N–H and O–H groups in total. The lowest BCUT2D eigenvalue weighted by atomic mass is 10.2. The Morgan fingerprint density at radius 2 is 2.17 bits per heavy atom. The molecule has 3 heterocycles. The summed E-state index contributed by atoms with van der Waals surface area (Å²) in [6.45, 7) is 1.92. The smallest absolute Gasteiger partial charge is 0.252 e. The Balaban J connectivity index is 1.90. The van der Waals surface area contributed by atoms with Crippen molar-refractivity contribution in [3.05, 3.63) is 77.0 Å². The zero-order valence-electron chi connectivity index (χ0n) is 12.6. The van der Waals surface area contributed by atoms with Gasteiger partial charge in [-0.2, -0.15) is 0 Å². The third-order valence-corrected chi connectivity index (χ3v) is 4.25. The van der Waals surface area contributed by atoms with Crippen molar-refractivity contribution in [2.75, 3.05) is 4.90 Å². The Morgan fingerprint density at radius 1 is 1.26 bits per heavy atom. The Morgan fingerprint density at radius 3 is 2.83 bits per heavy atom. The second-order valence-electron chi connectivity index (χ2n) is 4.94. The summed E-state index contributed by atoms with van der Waals surface area (Å²) >= 11 is 1.59. The van der Waals surface area contributed by atoms with E-state index in [0.717, 1.165) is 4.88 Å². The Bertz CT molecular complexity index is 765. The molecule has 23 heavy (non-hydrogen) atoms. The van der Waals surface area contributed by atoms with Crippen LogP contribution in [0.15, 0.2) is 70.8 Å².